The minimum absolute atomic E-state index is 0.339. The SMILES string of the molecule is CC(C)N1CCCN(c2cnc3ccc(-c4c[nH]nc4-c4cc(Cl)ccc4F)nc3c2)CC1C. The standard InChI is InChI=1S/C26H28ClFN6/c1-16(2)34-10-4-9-33(15-17(34)3)19-12-25-24(29-13-19)8-7-23(31-25)21-14-30-32-26(21)20-11-18(27)5-6-22(20)28/h5-8,11-14,16-17H,4,9-10,15H2,1-3H3,(H,30,32). The molecule has 1 saturated heterocycles. The molecule has 0 aliphatic carbocycles. The first-order valence-corrected chi connectivity index (χ1v) is 12.1. The van der Waals surface area contributed by atoms with Gasteiger partial charge in [0.1, 0.15) is 11.5 Å². The van der Waals surface area contributed by atoms with Crippen LogP contribution < -0.4 is 4.90 Å². The number of rotatable bonds is 4. The summed E-state index contributed by atoms with van der Waals surface area (Å²) in [6, 6.07) is 11.4. The average molecular weight is 479 g/mol. The number of nitrogens with zero attached hydrogens (tertiary/aromatic N) is 5. The van der Waals surface area contributed by atoms with E-state index >= 15 is 0 Å². The van der Waals surface area contributed by atoms with Gasteiger partial charge in [-0.15, -0.1) is 0 Å². The summed E-state index contributed by atoms with van der Waals surface area (Å²) in [5, 5.41) is 7.59. The quantitative estimate of drug-likeness (QED) is 0.402. The van der Waals surface area contributed by atoms with Crippen LogP contribution in [0.3, 0.4) is 0 Å². The Labute approximate surface area is 203 Å². The smallest absolute Gasteiger partial charge is 0.132 e. The largest absolute Gasteiger partial charge is 0.369 e. The van der Waals surface area contributed by atoms with Crippen molar-refractivity contribution < 1.29 is 4.39 Å². The number of fused-ring (bicyclic) bond motifs is 1. The Kier molecular flexibility index (Phi) is 6.23. The van der Waals surface area contributed by atoms with Crippen molar-refractivity contribution in [3.8, 4) is 22.5 Å². The number of halogens is 2. The number of anilines is 1. The second-order valence-corrected chi connectivity index (χ2v) is 9.62. The Morgan fingerprint density at radius 1 is 1.09 bits per heavy atom. The third-order valence-corrected chi connectivity index (χ3v) is 6.78. The first kappa shape index (κ1) is 22.7. The lowest BCUT2D eigenvalue weighted by atomic mass is 10.0. The molecule has 0 spiro atoms. The number of aromatic nitrogens is 4. The molecule has 0 saturated carbocycles. The van der Waals surface area contributed by atoms with Gasteiger partial charge in [0.2, 0.25) is 0 Å². The van der Waals surface area contributed by atoms with Crippen molar-refractivity contribution in [3.63, 3.8) is 0 Å². The van der Waals surface area contributed by atoms with Crippen LogP contribution in [0.25, 0.3) is 33.5 Å². The Morgan fingerprint density at radius 2 is 1.94 bits per heavy atom. The lowest BCUT2D eigenvalue weighted by molar-refractivity contribution is 0.178. The molecule has 4 heterocycles. The fourth-order valence-electron chi connectivity index (χ4n) is 4.87. The number of benzene rings is 1. The molecular formula is C26H28ClFN6. The first-order valence-electron chi connectivity index (χ1n) is 11.7. The highest BCUT2D eigenvalue weighted by atomic mass is 35.5. The van der Waals surface area contributed by atoms with Crippen LogP contribution in [-0.2, 0) is 0 Å². The molecule has 3 aromatic heterocycles. The summed E-state index contributed by atoms with van der Waals surface area (Å²) in [5.74, 6) is -0.381. The predicted octanol–water partition coefficient (Wildman–Crippen LogP) is 5.79. The van der Waals surface area contributed by atoms with Crippen LogP contribution in [0.5, 0.6) is 0 Å². The van der Waals surface area contributed by atoms with Gasteiger partial charge in [0, 0.05) is 54.1 Å². The van der Waals surface area contributed by atoms with Crippen molar-refractivity contribution in [1.29, 1.82) is 0 Å². The maximum absolute atomic E-state index is 14.5. The molecule has 1 N–H and O–H groups in total. The number of hydrogen-bond donors (Lipinski definition) is 1. The number of aromatic amines is 1. The van der Waals surface area contributed by atoms with E-state index in [1.54, 1.807) is 12.3 Å². The molecule has 1 aromatic carbocycles. The van der Waals surface area contributed by atoms with E-state index in [0.29, 0.717) is 39.6 Å². The molecular weight excluding hydrogens is 451 g/mol. The summed E-state index contributed by atoms with van der Waals surface area (Å²) >= 11 is 6.11. The highest BCUT2D eigenvalue weighted by Gasteiger charge is 2.24. The molecule has 4 aromatic rings. The van der Waals surface area contributed by atoms with E-state index in [-0.39, 0.29) is 5.82 Å². The van der Waals surface area contributed by atoms with Crippen LogP contribution in [0.1, 0.15) is 27.2 Å². The van der Waals surface area contributed by atoms with Crippen molar-refractivity contribution in [2.75, 3.05) is 24.5 Å². The summed E-state index contributed by atoms with van der Waals surface area (Å²) in [6.45, 7) is 9.84. The van der Waals surface area contributed by atoms with E-state index in [0.717, 1.165) is 42.8 Å². The van der Waals surface area contributed by atoms with Crippen molar-refractivity contribution in [2.45, 2.75) is 39.3 Å². The molecule has 1 atom stereocenters. The van der Waals surface area contributed by atoms with Gasteiger partial charge in [-0.2, -0.15) is 5.10 Å². The first-order chi connectivity index (χ1) is 16.4. The zero-order valence-corrected chi connectivity index (χ0v) is 20.3. The van der Waals surface area contributed by atoms with E-state index in [1.807, 2.05) is 18.3 Å². The maximum atomic E-state index is 14.5. The van der Waals surface area contributed by atoms with Crippen molar-refractivity contribution in [1.82, 2.24) is 25.1 Å². The van der Waals surface area contributed by atoms with E-state index in [4.69, 9.17) is 16.6 Å². The summed E-state index contributed by atoms with van der Waals surface area (Å²) in [7, 11) is 0. The average Bonchev–Trinajstić information content (AvgIpc) is 3.22. The van der Waals surface area contributed by atoms with Gasteiger partial charge >= 0.3 is 0 Å². The summed E-state index contributed by atoms with van der Waals surface area (Å²) < 4.78 is 14.5. The van der Waals surface area contributed by atoms with Crippen LogP contribution in [0.15, 0.2) is 48.8 Å². The molecule has 1 fully saturated rings. The fraction of sp³-hybridized carbons (Fsp3) is 0.346. The van der Waals surface area contributed by atoms with Crippen molar-refractivity contribution in [3.05, 3.63) is 59.6 Å². The minimum atomic E-state index is -0.381. The van der Waals surface area contributed by atoms with Crippen LogP contribution in [0.2, 0.25) is 5.02 Å². The summed E-state index contributed by atoms with van der Waals surface area (Å²) in [6.07, 6.45) is 4.78. The second-order valence-electron chi connectivity index (χ2n) is 9.18. The molecule has 1 aliphatic rings. The van der Waals surface area contributed by atoms with Crippen LogP contribution >= 0.6 is 11.6 Å². The van der Waals surface area contributed by atoms with E-state index < -0.39 is 0 Å². The Morgan fingerprint density at radius 3 is 2.76 bits per heavy atom. The van der Waals surface area contributed by atoms with Gasteiger partial charge in [-0.05, 0) is 63.6 Å². The molecule has 0 bridgehead atoms. The van der Waals surface area contributed by atoms with Gasteiger partial charge < -0.3 is 4.90 Å². The molecule has 0 radical (unpaired) electrons. The predicted molar refractivity (Wildman–Crippen MR) is 136 cm³/mol. The number of pyridine rings is 2. The third kappa shape index (κ3) is 4.38. The lowest BCUT2D eigenvalue weighted by Gasteiger charge is -2.32. The fourth-order valence-corrected chi connectivity index (χ4v) is 5.04. The van der Waals surface area contributed by atoms with Crippen LogP contribution in [0, 0.1) is 5.82 Å². The highest BCUT2D eigenvalue weighted by molar-refractivity contribution is 6.30. The van der Waals surface area contributed by atoms with Crippen molar-refractivity contribution in [2.24, 2.45) is 0 Å². The minimum Gasteiger partial charge on any atom is -0.369 e. The van der Waals surface area contributed by atoms with Gasteiger partial charge in [0.25, 0.3) is 0 Å². The molecule has 5 rings (SSSR count). The van der Waals surface area contributed by atoms with Crippen LogP contribution in [-0.4, -0.2) is 56.8 Å². The van der Waals surface area contributed by atoms with Gasteiger partial charge in [0.05, 0.1) is 28.6 Å². The topological polar surface area (TPSA) is 60.9 Å². The summed E-state index contributed by atoms with van der Waals surface area (Å²) in [4.78, 5) is 14.5. The van der Waals surface area contributed by atoms with E-state index in [9.17, 15) is 4.39 Å². The zero-order valence-electron chi connectivity index (χ0n) is 19.6. The third-order valence-electron chi connectivity index (χ3n) is 6.55. The molecule has 176 valence electrons. The Balaban J connectivity index is 1.50. The van der Waals surface area contributed by atoms with Gasteiger partial charge in [-0.25, -0.2) is 9.37 Å². The molecule has 6 nitrogen and oxygen atoms in total. The molecule has 1 aliphatic heterocycles. The number of hydrogen-bond acceptors (Lipinski definition) is 5. The summed E-state index contributed by atoms with van der Waals surface area (Å²) in [5.41, 5.74) is 4.92. The van der Waals surface area contributed by atoms with Gasteiger partial charge in [0.15, 0.2) is 0 Å². The number of H-pyrrole nitrogens is 1. The lowest BCUT2D eigenvalue weighted by Crippen LogP contribution is -2.42. The highest BCUT2D eigenvalue weighted by Crippen LogP contribution is 2.33. The normalized spacial score (nSPS) is 17.5. The van der Waals surface area contributed by atoms with E-state index in [2.05, 4.69) is 51.8 Å². The zero-order chi connectivity index (χ0) is 23.8. The van der Waals surface area contributed by atoms with E-state index in [1.165, 1.54) is 12.1 Å². The molecule has 8 heteroatoms. The monoisotopic (exact) mass is 478 g/mol. The van der Waals surface area contributed by atoms with Crippen molar-refractivity contribution >= 4 is 28.3 Å². The molecule has 0 amide bonds. The number of nitrogens with one attached hydrogen (secondary N) is 1. The van der Waals surface area contributed by atoms with Gasteiger partial charge in [-0.3, -0.25) is 15.0 Å². The maximum Gasteiger partial charge on any atom is 0.132 e. The van der Waals surface area contributed by atoms with Gasteiger partial charge in [-0.1, -0.05) is 11.6 Å². The molecule has 34 heavy (non-hydrogen) atoms. The molecule has 1 unspecified atom stereocenters. The Bertz CT molecular complexity index is 1320. The van der Waals surface area contributed by atoms with Crippen LogP contribution in [0.4, 0.5) is 10.1 Å². The second kappa shape index (κ2) is 9.31. The Hall–Kier alpha value is -3.03.